The van der Waals surface area contributed by atoms with Gasteiger partial charge < -0.3 is 20.9 Å². The summed E-state index contributed by atoms with van der Waals surface area (Å²) in [6.07, 6.45) is 1.64. The molecular formula is C19H18N4O3. The third-order valence-electron chi connectivity index (χ3n) is 4.00. The molecule has 2 aromatic carbocycles. The lowest BCUT2D eigenvalue weighted by Crippen LogP contribution is -2.34. The molecule has 0 atom stereocenters. The molecule has 7 nitrogen and oxygen atoms in total. The van der Waals surface area contributed by atoms with Crippen LogP contribution in [0.5, 0.6) is 0 Å². The molecule has 0 saturated heterocycles. The van der Waals surface area contributed by atoms with Gasteiger partial charge in [0.1, 0.15) is 0 Å². The molecule has 3 rings (SSSR count). The number of carbonyl (C=O) groups is 3. The number of aromatic amines is 1. The zero-order chi connectivity index (χ0) is 18.7. The highest BCUT2D eigenvalue weighted by atomic mass is 16.2. The first-order valence-corrected chi connectivity index (χ1v) is 7.97. The van der Waals surface area contributed by atoms with E-state index in [0.717, 1.165) is 10.9 Å². The summed E-state index contributed by atoms with van der Waals surface area (Å²) in [5.74, 6) is -1.12. The van der Waals surface area contributed by atoms with Crippen LogP contribution in [0, 0.1) is 0 Å². The van der Waals surface area contributed by atoms with E-state index in [1.807, 2.05) is 24.3 Å². The number of anilines is 1. The lowest BCUT2D eigenvalue weighted by molar-refractivity contribution is -0.116. The van der Waals surface area contributed by atoms with E-state index in [-0.39, 0.29) is 18.4 Å². The van der Waals surface area contributed by atoms with E-state index in [4.69, 9.17) is 5.73 Å². The fourth-order valence-electron chi connectivity index (χ4n) is 2.66. The van der Waals surface area contributed by atoms with Crippen LogP contribution in [0.1, 0.15) is 20.7 Å². The Morgan fingerprint density at radius 2 is 1.77 bits per heavy atom. The number of hydrogen-bond donors (Lipinski definition) is 3. The molecule has 132 valence electrons. The molecule has 1 heterocycles. The summed E-state index contributed by atoms with van der Waals surface area (Å²) in [7, 11) is 1.57. The third-order valence-corrected chi connectivity index (χ3v) is 4.00. The third kappa shape index (κ3) is 3.56. The minimum Gasteiger partial charge on any atom is -0.366 e. The van der Waals surface area contributed by atoms with Crippen LogP contribution in [0.3, 0.4) is 0 Å². The van der Waals surface area contributed by atoms with Gasteiger partial charge in [-0.2, -0.15) is 0 Å². The van der Waals surface area contributed by atoms with E-state index in [0.29, 0.717) is 16.8 Å². The maximum atomic E-state index is 12.6. The fraction of sp³-hybridized carbons (Fsp3) is 0.105. The van der Waals surface area contributed by atoms with Gasteiger partial charge in [0.25, 0.3) is 5.91 Å². The van der Waals surface area contributed by atoms with Crippen molar-refractivity contribution in [2.75, 3.05) is 18.9 Å². The number of aromatic nitrogens is 1. The number of rotatable bonds is 5. The van der Waals surface area contributed by atoms with Crippen molar-refractivity contribution in [2.24, 2.45) is 5.73 Å². The number of nitrogens with one attached hydrogen (secondary N) is 2. The summed E-state index contributed by atoms with van der Waals surface area (Å²) >= 11 is 0. The Balaban J connectivity index is 1.65. The molecule has 0 aliphatic carbocycles. The van der Waals surface area contributed by atoms with Crippen LogP contribution < -0.4 is 11.1 Å². The summed E-state index contributed by atoms with van der Waals surface area (Å²) in [4.78, 5) is 40.2. The molecule has 3 aromatic rings. The van der Waals surface area contributed by atoms with Crippen molar-refractivity contribution in [1.82, 2.24) is 9.88 Å². The van der Waals surface area contributed by atoms with Gasteiger partial charge in [-0.3, -0.25) is 14.4 Å². The first-order valence-electron chi connectivity index (χ1n) is 7.97. The number of likely N-dealkylation sites (N-methyl/N-ethyl adjacent to an activating group) is 1. The molecule has 3 amide bonds. The molecule has 0 spiro atoms. The molecule has 4 N–H and O–H groups in total. The van der Waals surface area contributed by atoms with E-state index < -0.39 is 5.91 Å². The SMILES string of the molecule is CN(CC(=O)Nc1ccc(C(N)=O)cc1)C(=O)c1c[nH]c2ccccc12. The van der Waals surface area contributed by atoms with Crippen molar-refractivity contribution in [3.63, 3.8) is 0 Å². The number of nitrogens with zero attached hydrogens (tertiary/aromatic N) is 1. The number of nitrogens with two attached hydrogens (primary N) is 1. The van der Waals surface area contributed by atoms with Gasteiger partial charge in [0, 0.05) is 35.4 Å². The van der Waals surface area contributed by atoms with Crippen molar-refractivity contribution in [1.29, 1.82) is 0 Å². The quantitative estimate of drug-likeness (QED) is 0.654. The topological polar surface area (TPSA) is 108 Å². The van der Waals surface area contributed by atoms with Crippen LogP contribution in [0.4, 0.5) is 5.69 Å². The summed E-state index contributed by atoms with van der Waals surface area (Å²) in [5.41, 5.74) is 7.43. The largest absolute Gasteiger partial charge is 0.366 e. The van der Waals surface area contributed by atoms with Crippen LogP contribution in [0.15, 0.2) is 54.7 Å². The molecular weight excluding hydrogens is 332 g/mol. The molecule has 0 radical (unpaired) electrons. The maximum absolute atomic E-state index is 12.6. The van der Waals surface area contributed by atoms with Crippen molar-refractivity contribution in [3.8, 4) is 0 Å². The van der Waals surface area contributed by atoms with Gasteiger partial charge in [-0.05, 0) is 30.3 Å². The normalized spacial score (nSPS) is 10.5. The highest BCUT2D eigenvalue weighted by molar-refractivity contribution is 6.08. The average molecular weight is 350 g/mol. The van der Waals surface area contributed by atoms with Gasteiger partial charge in [0.2, 0.25) is 11.8 Å². The van der Waals surface area contributed by atoms with E-state index >= 15 is 0 Å². The zero-order valence-corrected chi connectivity index (χ0v) is 14.2. The molecule has 7 heteroatoms. The molecule has 0 aliphatic rings. The fourth-order valence-corrected chi connectivity index (χ4v) is 2.66. The Morgan fingerprint density at radius 1 is 1.08 bits per heavy atom. The van der Waals surface area contributed by atoms with Gasteiger partial charge >= 0.3 is 0 Å². The Bertz CT molecular complexity index is 976. The van der Waals surface area contributed by atoms with Gasteiger partial charge in [0.15, 0.2) is 0 Å². The molecule has 0 aliphatic heterocycles. The van der Waals surface area contributed by atoms with Crippen LogP contribution in [0.2, 0.25) is 0 Å². The number of fused-ring (bicyclic) bond motifs is 1. The Hall–Kier alpha value is -3.61. The van der Waals surface area contributed by atoms with Crippen molar-refractivity contribution in [2.45, 2.75) is 0 Å². The van der Waals surface area contributed by atoms with E-state index in [1.54, 1.807) is 25.4 Å². The second-order valence-corrected chi connectivity index (χ2v) is 5.90. The predicted octanol–water partition coefficient (Wildman–Crippen LogP) is 1.98. The number of benzene rings is 2. The molecule has 0 saturated carbocycles. The van der Waals surface area contributed by atoms with Crippen molar-refractivity contribution < 1.29 is 14.4 Å². The van der Waals surface area contributed by atoms with Gasteiger partial charge in [-0.1, -0.05) is 18.2 Å². The summed E-state index contributed by atoms with van der Waals surface area (Å²) in [5, 5.41) is 3.50. The van der Waals surface area contributed by atoms with E-state index in [1.165, 1.54) is 17.0 Å². The maximum Gasteiger partial charge on any atom is 0.256 e. The molecule has 0 bridgehead atoms. The van der Waals surface area contributed by atoms with E-state index in [9.17, 15) is 14.4 Å². The molecule has 0 unspecified atom stereocenters. The summed E-state index contributed by atoms with van der Waals surface area (Å²) in [6, 6.07) is 13.7. The van der Waals surface area contributed by atoms with Crippen molar-refractivity contribution >= 4 is 34.3 Å². The van der Waals surface area contributed by atoms with Crippen LogP contribution in [0.25, 0.3) is 10.9 Å². The minimum absolute atomic E-state index is 0.101. The Kier molecular flexibility index (Phi) is 4.70. The van der Waals surface area contributed by atoms with Crippen molar-refractivity contribution in [3.05, 3.63) is 65.9 Å². The predicted molar refractivity (Wildman–Crippen MR) is 98.8 cm³/mol. The van der Waals surface area contributed by atoms with Gasteiger partial charge in [0.05, 0.1) is 12.1 Å². The number of carbonyl (C=O) groups excluding carboxylic acids is 3. The van der Waals surface area contributed by atoms with Crippen LogP contribution in [-0.4, -0.2) is 41.2 Å². The van der Waals surface area contributed by atoms with Crippen LogP contribution >= 0.6 is 0 Å². The monoisotopic (exact) mass is 350 g/mol. The lowest BCUT2D eigenvalue weighted by atomic mass is 10.1. The second-order valence-electron chi connectivity index (χ2n) is 5.90. The first-order chi connectivity index (χ1) is 12.5. The highest BCUT2D eigenvalue weighted by Crippen LogP contribution is 2.19. The molecule has 1 aromatic heterocycles. The summed E-state index contributed by atoms with van der Waals surface area (Å²) < 4.78 is 0. The standard InChI is InChI=1S/C19H18N4O3/c1-23(19(26)15-10-21-16-5-3-2-4-14(15)16)11-17(24)22-13-8-6-12(7-9-13)18(20)25/h2-10,21H,11H2,1H3,(H2,20,25)(H,22,24). The number of amides is 3. The second kappa shape index (κ2) is 7.10. The first kappa shape index (κ1) is 17.2. The number of para-hydroxylation sites is 1. The van der Waals surface area contributed by atoms with E-state index in [2.05, 4.69) is 10.3 Å². The molecule has 0 fully saturated rings. The minimum atomic E-state index is -0.535. The lowest BCUT2D eigenvalue weighted by Gasteiger charge is -2.16. The van der Waals surface area contributed by atoms with Gasteiger partial charge in [-0.15, -0.1) is 0 Å². The average Bonchev–Trinajstić information content (AvgIpc) is 3.05. The Labute approximate surface area is 149 Å². The number of hydrogen-bond acceptors (Lipinski definition) is 3. The Morgan fingerprint density at radius 3 is 2.46 bits per heavy atom. The van der Waals surface area contributed by atoms with Gasteiger partial charge in [-0.25, -0.2) is 0 Å². The zero-order valence-electron chi connectivity index (χ0n) is 14.2. The smallest absolute Gasteiger partial charge is 0.256 e. The highest BCUT2D eigenvalue weighted by Gasteiger charge is 2.18. The van der Waals surface area contributed by atoms with Crippen LogP contribution in [-0.2, 0) is 4.79 Å². The molecule has 26 heavy (non-hydrogen) atoms. The number of primary amides is 1. The number of H-pyrrole nitrogens is 1. The summed E-state index contributed by atoms with van der Waals surface area (Å²) in [6.45, 7) is -0.101.